The number of halogens is 2. The maximum atomic E-state index is 5.94. The van der Waals surface area contributed by atoms with E-state index < -0.39 is 0 Å². The van der Waals surface area contributed by atoms with Gasteiger partial charge in [-0.3, -0.25) is 0 Å². The van der Waals surface area contributed by atoms with E-state index in [0.717, 1.165) is 13.0 Å². The van der Waals surface area contributed by atoms with Gasteiger partial charge in [0.05, 0.1) is 17.3 Å². The van der Waals surface area contributed by atoms with Gasteiger partial charge in [0, 0.05) is 11.6 Å². The smallest absolute Gasteiger partial charge is 0.160 e. The van der Waals surface area contributed by atoms with Crippen LogP contribution in [0.25, 0.3) is 0 Å². The molecule has 0 aliphatic carbocycles. The molecule has 0 saturated carbocycles. The highest BCUT2D eigenvalue weighted by atomic mass is 35.5. The van der Waals surface area contributed by atoms with Crippen LogP contribution in [0.3, 0.4) is 0 Å². The Morgan fingerprint density at radius 2 is 1.94 bits per heavy atom. The summed E-state index contributed by atoms with van der Waals surface area (Å²) >= 11 is 11.7. The predicted octanol–water partition coefficient (Wildman–Crippen LogP) is 3.38. The number of rotatable bonds is 6. The fraction of sp³-hybridized carbons (Fsp3) is 0.455. The van der Waals surface area contributed by atoms with E-state index in [1.807, 2.05) is 0 Å². The van der Waals surface area contributed by atoms with E-state index in [0.29, 0.717) is 34.7 Å². The highest BCUT2D eigenvalue weighted by molar-refractivity contribution is 6.36. The molecule has 0 amide bonds. The zero-order valence-electron chi connectivity index (χ0n) is 9.13. The average molecular weight is 264 g/mol. The maximum absolute atomic E-state index is 5.94. The third-order valence-corrected chi connectivity index (χ3v) is 2.36. The van der Waals surface area contributed by atoms with Crippen molar-refractivity contribution in [2.45, 2.75) is 13.3 Å². The summed E-state index contributed by atoms with van der Waals surface area (Å²) in [5, 5.41) is 0.914. The van der Waals surface area contributed by atoms with E-state index in [1.54, 1.807) is 12.1 Å². The number of hydrogen-bond donors (Lipinski definition) is 1. The summed E-state index contributed by atoms with van der Waals surface area (Å²) in [6.45, 7) is 3.72. The molecule has 0 radical (unpaired) electrons. The Morgan fingerprint density at radius 3 is 2.56 bits per heavy atom. The maximum Gasteiger partial charge on any atom is 0.160 e. The van der Waals surface area contributed by atoms with Gasteiger partial charge in [0.25, 0.3) is 0 Å². The summed E-state index contributed by atoms with van der Waals surface area (Å²) in [6, 6.07) is 3.21. The lowest BCUT2D eigenvalue weighted by Crippen LogP contribution is -2.08. The Hall–Kier alpha value is -0.640. The van der Waals surface area contributed by atoms with Crippen LogP contribution in [0.5, 0.6) is 5.75 Å². The number of benzene rings is 1. The molecule has 5 heteroatoms. The molecule has 0 saturated heterocycles. The molecule has 90 valence electrons. The van der Waals surface area contributed by atoms with Gasteiger partial charge < -0.3 is 15.2 Å². The van der Waals surface area contributed by atoms with Crippen LogP contribution >= 0.6 is 23.2 Å². The molecule has 1 aromatic carbocycles. The standard InChI is InChI=1S/C11H15Cl2NO2/c1-2-3-15-4-5-16-11-9(13)6-8(12)7-10(11)14/h6-7H,2-5,14H2,1H3. The van der Waals surface area contributed by atoms with E-state index in [-0.39, 0.29) is 0 Å². The zero-order valence-corrected chi connectivity index (χ0v) is 10.6. The molecule has 0 fully saturated rings. The first-order valence-corrected chi connectivity index (χ1v) is 5.85. The molecular weight excluding hydrogens is 249 g/mol. The van der Waals surface area contributed by atoms with E-state index in [1.165, 1.54) is 0 Å². The number of ether oxygens (including phenoxy) is 2. The Labute approximate surface area is 105 Å². The third-order valence-electron chi connectivity index (χ3n) is 1.86. The fourth-order valence-electron chi connectivity index (χ4n) is 1.18. The summed E-state index contributed by atoms with van der Waals surface area (Å²) in [6.07, 6.45) is 0.990. The van der Waals surface area contributed by atoms with Crippen molar-refractivity contribution < 1.29 is 9.47 Å². The molecule has 0 heterocycles. The van der Waals surface area contributed by atoms with Crippen molar-refractivity contribution in [1.82, 2.24) is 0 Å². The first-order valence-electron chi connectivity index (χ1n) is 5.10. The zero-order chi connectivity index (χ0) is 12.0. The summed E-state index contributed by atoms with van der Waals surface area (Å²) < 4.78 is 10.7. The minimum atomic E-state index is 0.417. The van der Waals surface area contributed by atoms with Crippen molar-refractivity contribution >= 4 is 28.9 Å². The van der Waals surface area contributed by atoms with E-state index >= 15 is 0 Å². The monoisotopic (exact) mass is 263 g/mol. The van der Waals surface area contributed by atoms with Crippen molar-refractivity contribution in [2.75, 3.05) is 25.6 Å². The summed E-state index contributed by atoms with van der Waals surface area (Å²) in [5.41, 5.74) is 6.17. The van der Waals surface area contributed by atoms with Gasteiger partial charge >= 0.3 is 0 Å². The third kappa shape index (κ3) is 4.08. The molecule has 2 N–H and O–H groups in total. The minimum absolute atomic E-state index is 0.417. The first kappa shape index (κ1) is 13.4. The molecule has 16 heavy (non-hydrogen) atoms. The van der Waals surface area contributed by atoms with Gasteiger partial charge in [-0.2, -0.15) is 0 Å². The van der Waals surface area contributed by atoms with Gasteiger partial charge in [0.15, 0.2) is 5.75 Å². The lowest BCUT2D eigenvalue weighted by Gasteiger charge is -2.11. The van der Waals surface area contributed by atoms with Gasteiger partial charge in [-0.05, 0) is 18.6 Å². The average Bonchev–Trinajstić information content (AvgIpc) is 2.20. The highest BCUT2D eigenvalue weighted by Crippen LogP contribution is 2.34. The number of nitrogen functional groups attached to an aromatic ring is 1. The lowest BCUT2D eigenvalue weighted by atomic mass is 10.3. The molecule has 1 rings (SSSR count). The molecule has 0 unspecified atom stereocenters. The second-order valence-corrected chi connectivity index (χ2v) is 4.11. The summed E-state index contributed by atoms with van der Waals surface area (Å²) in [7, 11) is 0. The molecule has 0 spiro atoms. The normalized spacial score (nSPS) is 10.4. The SMILES string of the molecule is CCCOCCOc1c(N)cc(Cl)cc1Cl. The summed E-state index contributed by atoms with van der Waals surface area (Å²) in [4.78, 5) is 0. The molecule has 0 atom stereocenters. The van der Waals surface area contributed by atoms with Crippen LogP contribution < -0.4 is 10.5 Å². The number of anilines is 1. The van der Waals surface area contributed by atoms with Crippen LogP contribution in [-0.4, -0.2) is 19.8 Å². The first-order chi connectivity index (χ1) is 7.65. The predicted molar refractivity (Wildman–Crippen MR) is 67.5 cm³/mol. The minimum Gasteiger partial charge on any atom is -0.487 e. The van der Waals surface area contributed by atoms with Gasteiger partial charge in [-0.15, -0.1) is 0 Å². The number of nitrogens with two attached hydrogens (primary N) is 1. The van der Waals surface area contributed by atoms with Crippen LogP contribution in [0.2, 0.25) is 10.0 Å². The molecule has 0 aliphatic rings. The van der Waals surface area contributed by atoms with E-state index in [2.05, 4.69) is 6.92 Å². The van der Waals surface area contributed by atoms with Gasteiger partial charge in [0.2, 0.25) is 0 Å². The largest absolute Gasteiger partial charge is 0.487 e. The van der Waals surface area contributed by atoms with E-state index in [9.17, 15) is 0 Å². The fourth-order valence-corrected chi connectivity index (χ4v) is 1.75. The van der Waals surface area contributed by atoms with Crippen LogP contribution in [0, 0.1) is 0 Å². The Bertz CT molecular complexity index is 322. The van der Waals surface area contributed by atoms with Gasteiger partial charge in [0.1, 0.15) is 6.61 Å². The second-order valence-electron chi connectivity index (χ2n) is 3.27. The van der Waals surface area contributed by atoms with Crippen LogP contribution in [0.1, 0.15) is 13.3 Å². The van der Waals surface area contributed by atoms with Crippen molar-refractivity contribution in [1.29, 1.82) is 0 Å². The van der Waals surface area contributed by atoms with Crippen molar-refractivity contribution in [3.63, 3.8) is 0 Å². The second kappa shape index (κ2) is 6.84. The van der Waals surface area contributed by atoms with Crippen LogP contribution in [-0.2, 0) is 4.74 Å². The number of hydrogen-bond acceptors (Lipinski definition) is 3. The van der Waals surface area contributed by atoms with E-state index in [4.69, 9.17) is 38.4 Å². The molecule has 0 aliphatic heterocycles. The molecule has 3 nitrogen and oxygen atoms in total. The van der Waals surface area contributed by atoms with Crippen molar-refractivity contribution in [2.24, 2.45) is 0 Å². The van der Waals surface area contributed by atoms with Crippen molar-refractivity contribution in [3.8, 4) is 5.75 Å². The summed E-state index contributed by atoms with van der Waals surface area (Å²) in [5.74, 6) is 0.464. The molecule has 1 aromatic rings. The Kier molecular flexibility index (Phi) is 5.74. The topological polar surface area (TPSA) is 44.5 Å². The van der Waals surface area contributed by atoms with Crippen LogP contribution in [0.4, 0.5) is 5.69 Å². The molecule has 0 bridgehead atoms. The van der Waals surface area contributed by atoms with Crippen LogP contribution in [0.15, 0.2) is 12.1 Å². The van der Waals surface area contributed by atoms with Gasteiger partial charge in [-0.1, -0.05) is 30.1 Å². The lowest BCUT2D eigenvalue weighted by molar-refractivity contribution is 0.101. The quantitative estimate of drug-likeness (QED) is 0.632. The van der Waals surface area contributed by atoms with Gasteiger partial charge in [-0.25, -0.2) is 0 Å². The highest BCUT2D eigenvalue weighted by Gasteiger charge is 2.07. The Balaban J connectivity index is 2.47. The molecular formula is C11H15Cl2NO2. The Morgan fingerprint density at radius 1 is 1.19 bits per heavy atom. The van der Waals surface area contributed by atoms with Crippen molar-refractivity contribution in [3.05, 3.63) is 22.2 Å². The molecule has 0 aromatic heterocycles.